The number of Topliss-reactive ketones (excluding diaryl/α,β-unsaturated/α-hetero) is 1. The molecule has 7 heteroatoms. The maximum absolute atomic E-state index is 12.3. The molecule has 7 nitrogen and oxygen atoms in total. The lowest BCUT2D eigenvalue weighted by atomic mass is 10.0. The van der Waals surface area contributed by atoms with E-state index in [-0.39, 0.29) is 30.1 Å². The third-order valence-corrected chi connectivity index (χ3v) is 5.13. The molecule has 29 heavy (non-hydrogen) atoms. The Kier molecular flexibility index (Phi) is 6.85. The summed E-state index contributed by atoms with van der Waals surface area (Å²) < 4.78 is 0. The number of hydrogen-bond donors (Lipinski definition) is 4. The van der Waals surface area contributed by atoms with Crippen LogP contribution in [0, 0.1) is 0 Å². The van der Waals surface area contributed by atoms with Crippen molar-refractivity contribution in [2.45, 2.75) is 32.4 Å². The summed E-state index contributed by atoms with van der Waals surface area (Å²) in [6, 6.07) is 12.1. The van der Waals surface area contributed by atoms with Crippen LogP contribution in [0.2, 0.25) is 0 Å². The number of ketones is 1. The maximum Gasteiger partial charge on any atom is 0.238 e. The number of likely N-dealkylation sites (tertiary alicyclic amines) is 1. The number of aliphatic hydroxyl groups is 1. The Morgan fingerprint density at radius 2 is 1.90 bits per heavy atom. The van der Waals surface area contributed by atoms with Crippen molar-refractivity contribution in [3.63, 3.8) is 0 Å². The van der Waals surface area contributed by atoms with E-state index < -0.39 is 0 Å². The van der Waals surface area contributed by atoms with Gasteiger partial charge in [-0.15, -0.1) is 0 Å². The van der Waals surface area contributed by atoms with Crippen molar-refractivity contribution in [2.75, 3.05) is 30.3 Å². The van der Waals surface area contributed by atoms with Gasteiger partial charge in [0.15, 0.2) is 5.78 Å². The molecule has 1 saturated heterocycles. The first kappa shape index (κ1) is 20.8. The van der Waals surface area contributed by atoms with E-state index in [4.69, 9.17) is 0 Å². The number of carbonyl (C=O) groups is 2. The summed E-state index contributed by atoms with van der Waals surface area (Å²) in [6.07, 6.45) is 1.75. The van der Waals surface area contributed by atoms with Crippen molar-refractivity contribution in [3.8, 4) is 5.75 Å². The number of nitrogens with one attached hydrogen (secondary N) is 2. The fraction of sp³-hybridized carbons (Fsp3) is 0.364. The van der Waals surface area contributed by atoms with Crippen molar-refractivity contribution in [1.82, 2.24) is 4.90 Å². The number of aliphatic hydroxyl groups excluding tert-OH is 1. The molecule has 1 aliphatic heterocycles. The van der Waals surface area contributed by atoms with Gasteiger partial charge in [0.1, 0.15) is 5.75 Å². The fourth-order valence-corrected chi connectivity index (χ4v) is 3.53. The second-order valence-electron chi connectivity index (χ2n) is 7.38. The van der Waals surface area contributed by atoms with Gasteiger partial charge in [0, 0.05) is 41.6 Å². The average molecular weight is 397 g/mol. The van der Waals surface area contributed by atoms with Gasteiger partial charge in [0.05, 0.1) is 13.2 Å². The average Bonchev–Trinajstić information content (AvgIpc) is 2.70. The molecule has 0 radical (unpaired) electrons. The monoisotopic (exact) mass is 397 g/mol. The summed E-state index contributed by atoms with van der Waals surface area (Å²) >= 11 is 0. The number of benzene rings is 2. The van der Waals surface area contributed by atoms with Gasteiger partial charge in [-0.05, 0) is 50.1 Å². The molecule has 1 amide bonds. The van der Waals surface area contributed by atoms with Gasteiger partial charge in [-0.3, -0.25) is 14.5 Å². The molecule has 1 heterocycles. The van der Waals surface area contributed by atoms with Gasteiger partial charge in [0.2, 0.25) is 5.91 Å². The Balaban J connectivity index is 1.48. The number of phenolic OH excluding ortho intramolecular Hbond substituents is 1. The van der Waals surface area contributed by atoms with E-state index in [1.54, 1.807) is 42.5 Å². The first-order valence-corrected chi connectivity index (χ1v) is 9.77. The van der Waals surface area contributed by atoms with Crippen molar-refractivity contribution in [2.24, 2.45) is 0 Å². The third kappa shape index (κ3) is 5.79. The van der Waals surface area contributed by atoms with Crippen LogP contribution in [-0.2, 0) is 11.4 Å². The van der Waals surface area contributed by atoms with Crippen molar-refractivity contribution >= 4 is 23.1 Å². The molecule has 0 aliphatic carbocycles. The molecule has 154 valence electrons. The first-order valence-electron chi connectivity index (χ1n) is 9.77. The molecule has 0 spiro atoms. The highest BCUT2D eigenvalue weighted by Crippen LogP contribution is 2.24. The lowest BCUT2D eigenvalue weighted by molar-refractivity contribution is -0.117. The zero-order valence-corrected chi connectivity index (χ0v) is 16.5. The van der Waals surface area contributed by atoms with E-state index in [0.29, 0.717) is 23.4 Å². The maximum atomic E-state index is 12.3. The summed E-state index contributed by atoms with van der Waals surface area (Å²) in [7, 11) is 0. The number of nitrogens with zero attached hydrogens (tertiary/aromatic N) is 1. The standard InChI is InChI=1S/C22H27N3O4/c1-15(27)16-3-2-4-19(11-16)24-22(29)13-25-9-7-18(8-10-25)23-21-6-5-20(28)12-17(21)14-26/h2-6,11-12,18,23,26,28H,7-10,13-14H2,1H3,(H,24,29). The van der Waals surface area contributed by atoms with E-state index >= 15 is 0 Å². The molecule has 0 saturated carbocycles. The van der Waals surface area contributed by atoms with Crippen LogP contribution in [0.25, 0.3) is 0 Å². The van der Waals surface area contributed by atoms with Gasteiger partial charge in [-0.1, -0.05) is 12.1 Å². The van der Waals surface area contributed by atoms with Crippen LogP contribution in [0.3, 0.4) is 0 Å². The van der Waals surface area contributed by atoms with Crippen LogP contribution < -0.4 is 10.6 Å². The Morgan fingerprint density at radius 3 is 2.59 bits per heavy atom. The van der Waals surface area contributed by atoms with Crippen LogP contribution in [0.5, 0.6) is 5.75 Å². The Labute approximate surface area is 170 Å². The lowest BCUT2D eigenvalue weighted by Crippen LogP contribution is -2.42. The second kappa shape index (κ2) is 9.54. The number of rotatable bonds is 7. The summed E-state index contributed by atoms with van der Waals surface area (Å²) in [6.45, 7) is 3.23. The normalized spacial score (nSPS) is 15.1. The smallest absolute Gasteiger partial charge is 0.238 e. The minimum atomic E-state index is -0.138. The summed E-state index contributed by atoms with van der Waals surface area (Å²) in [4.78, 5) is 25.9. The van der Waals surface area contributed by atoms with Crippen LogP contribution in [0.1, 0.15) is 35.7 Å². The van der Waals surface area contributed by atoms with Crippen LogP contribution in [-0.4, -0.2) is 52.5 Å². The van der Waals surface area contributed by atoms with Crippen molar-refractivity contribution in [3.05, 3.63) is 53.6 Å². The van der Waals surface area contributed by atoms with Gasteiger partial charge in [0.25, 0.3) is 0 Å². The number of phenols is 1. The van der Waals surface area contributed by atoms with E-state index in [9.17, 15) is 19.8 Å². The molecule has 0 unspecified atom stereocenters. The van der Waals surface area contributed by atoms with Crippen molar-refractivity contribution in [1.29, 1.82) is 0 Å². The van der Waals surface area contributed by atoms with Crippen LogP contribution >= 0.6 is 0 Å². The summed E-state index contributed by atoms with van der Waals surface area (Å²) in [5, 5.41) is 25.3. The quantitative estimate of drug-likeness (QED) is 0.423. The number of hydrogen-bond acceptors (Lipinski definition) is 6. The number of anilines is 2. The van der Waals surface area contributed by atoms with Gasteiger partial charge in [-0.25, -0.2) is 0 Å². The predicted molar refractivity (Wildman–Crippen MR) is 112 cm³/mol. The Hall–Kier alpha value is -2.90. The molecule has 1 fully saturated rings. The van der Waals surface area contributed by atoms with Gasteiger partial charge < -0.3 is 20.8 Å². The first-order chi connectivity index (χ1) is 13.9. The molecule has 2 aromatic carbocycles. The third-order valence-electron chi connectivity index (χ3n) is 5.13. The number of aromatic hydroxyl groups is 1. The highest BCUT2D eigenvalue weighted by molar-refractivity contribution is 5.97. The number of piperidine rings is 1. The summed E-state index contributed by atoms with van der Waals surface area (Å²) in [5.74, 6) is 0.00105. The molecular formula is C22H27N3O4. The van der Waals surface area contributed by atoms with Gasteiger partial charge >= 0.3 is 0 Å². The zero-order valence-electron chi connectivity index (χ0n) is 16.5. The lowest BCUT2D eigenvalue weighted by Gasteiger charge is -2.32. The highest BCUT2D eigenvalue weighted by atomic mass is 16.3. The second-order valence-corrected chi connectivity index (χ2v) is 7.38. The molecule has 0 bridgehead atoms. The van der Waals surface area contributed by atoms with Crippen LogP contribution in [0.4, 0.5) is 11.4 Å². The number of amides is 1. The molecule has 4 N–H and O–H groups in total. The Bertz CT molecular complexity index is 876. The highest BCUT2D eigenvalue weighted by Gasteiger charge is 2.21. The van der Waals surface area contributed by atoms with E-state index in [0.717, 1.165) is 31.6 Å². The van der Waals surface area contributed by atoms with E-state index in [1.165, 1.54) is 6.92 Å². The zero-order chi connectivity index (χ0) is 20.8. The molecular weight excluding hydrogens is 370 g/mol. The summed E-state index contributed by atoms with van der Waals surface area (Å²) in [5.41, 5.74) is 2.70. The fourth-order valence-electron chi connectivity index (χ4n) is 3.53. The number of carbonyl (C=O) groups excluding carboxylic acids is 2. The molecule has 2 aromatic rings. The van der Waals surface area contributed by atoms with Crippen LogP contribution in [0.15, 0.2) is 42.5 Å². The minimum Gasteiger partial charge on any atom is -0.508 e. The SMILES string of the molecule is CC(=O)c1cccc(NC(=O)CN2CCC(Nc3ccc(O)cc3CO)CC2)c1. The molecule has 3 rings (SSSR count). The van der Waals surface area contributed by atoms with Crippen molar-refractivity contribution < 1.29 is 19.8 Å². The molecule has 0 aromatic heterocycles. The van der Waals surface area contributed by atoms with E-state index in [2.05, 4.69) is 15.5 Å². The van der Waals surface area contributed by atoms with E-state index in [1.807, 2.05) is 0 Å². The topological polar surface area (TPSA) is 102 Å². The minimum absolute atomic E-state index is 0.0337. The largest absolute Gasteiger partial charge is 0.508 e. The molecule has 0 atom stereocenters. The Morgan fingerprint density at radius 1 is 1.14 bits per heavy atom. The molecule has 1 aliphatic rings. The van der Waals surface area contributed by atoms with Gasteiger partial charge in [-0.2, -0.15) is 0 Å². The predicted octanol–water partition coefficient (Wildman–Crippen LogP) is 2.60.